The summed E-state index contributed by atoms with van der Waals surface area (Å²) < 4.78 is 4.73. The summed E-state index contributed by atoms with van der Waals surface area (Å²) in [4.78, 5) is 23.9. The number of carbonyl (C=O) groups excluding carboxylic acids is 2. The predicted octanol–water partition coefficient (Wildman–Crippen LogP) is 3.95. The van der Waals surface area contributed by atoms with Crippen LogP contribution in [0.4, 0.5) is 5.69 Å². The average molecular weight is 371 g/mol. The highest BCUT2D eigenvalue weighted by Crippen LogP contribution is 2.21. The molecule has 2 aromatic carbocycles. The molecule has 2 rings (SSSR count). The fourth-order valence-corrected chi connectivity index (χ4v) is 2.32. The number of carbonyl (C=O) groups is 2. The standard InChI is InChI=1S/C19H15ClN2O4/c1-2-26-19(25)15(11-21)17(23)12-7-9-13(10-8-12)22-18(24)14-5-3-4-6-16(14)20/h3-10,23H,2H2,1H3,(H,22,24). The first-order valence-corrected chi connectivity index (χ1v) is 8.02. The lowest BCUT2D eigenvalue weighted by molar-refractivity contribution is -0.138. The maximum atomic E-state index is 12.2. The number of nitrogens with one attached hydrogen (secondary N) is 1. The van der Waals surface area contributed by atoms with E-state index in [0.717, 1.165) is 0 Å². The summed E-state index contributed by atoms with van der Waals surface area (Å²) >= 11 is 5.98. The van der Waals surface area contributed by atoms with E-state index in [1.165, 1.54) is 24.3 Å². The third-order valence-corrected chi connectivity index (χ3v) is 3.69. The van der Waals surface area contributed by atoms with Gasteiger partial charge in [0.25, 0.3) is 5.91 Å². The number of nitrogens with zero attached hydrogens (tertiary/aromatic N) is 1. The molecule has 26 heavy (non-hydrogen) atoms. The number of hydrogen-bond donors (Lipinski definition) is 2. The molecule has 132 valence electrons. The van der Waals surface area contributed by atoms with Crippen LogP contribution in [0.2, 0.25) is 5.02 Å². The summed E-state index contributed by atoms with van der Waals surface area (Å²) in [6, 6.07) is 14.2. The van der Waals surface area contributed by atoms with Gasteiger partial charge in [0.1, 0.15) is 11.8 Å². The van der Waals surface area contributed by atoms with Gasteiger partial charge in [-0.15, -0.1) is 0 Å². The zero-order chi connectivity index (χ0) is 19.1. The second-order valence-electron chi connectivity index (χ2n) is 5.07. The smallest absolute Gasteiger partial charge is 0.352 e. The maximum absolute atomic E-state index is 12.2. The first-order valence-electron chi connectivity index (χ1n) is 7.64. The number of rotatable bonds is 5. The van der Waals surface area contributed by atoms with E-state index in [4.69, 9.17) is 21.6 Å². The Morgan fingerprint density at radius 3 is 2.42 bits per heavy atom. The van der Waals surface area contributed by atoms with Crippen molar-refractivity contribution in [3.05, 3.63) is 70.3 Å². The Hall–Kier alpha value is -3.30. The zero-order valence-corrected chi connectivity index (χ0v) is 14.6. The third-order valence-electron chi connectivity index (χ3n) is 3.36. The highest BCUT2D eigenvalue weighted by Gasteiger charge is 2.18. The number of anilines is 1. The van der Waals surface area contributed by atoms with E-state index in [1.807, 2.05) is 0 Å². The largest absolute Gasteiger partial charge is 0.506 e. The molecule has 7 heteroatoms. The lowest BCUT2D eigenvalue weighted by Crippen LogP contribution is -2.12. The van der Waals surface area contributed by atoms with E-state index < -0.39 is 17.3 Å². The summed E-state index contributed by atoms with van der Waals surface area (Å²) in [5.74, 6) is -1.77. The molecule has 0 saturated heterocycles. The first-order chi connectivity index (χ1) is 12.5. The van der Waals surface area contributed by atoms with Crippen molar-refractivity contribution in [3.8, 4) is 6.07 Å². The van der Waals surface area contributed by atoms with E-state index in [0.29, 0.717) is 16.3 Å². The molecule has 0 aliphatic rings. The van der Waals surface area contributed by atoms with Crippen LogP contribution in [-0.4, -0.2) is 23.6 Å². The summed E-state index contributed by atoms with van der Waals surface area (Å²) in [6.45, 7) is 1.69. The Balaban J connectivity index is 2.20. The van der Waals surface area contributed by atoms with Crippen molar-refractivity contribution in [1.82, 2.24) is 0 Å². The highest BCUT2D eigenvalue weighted by atomic mass is 35.5. The second kappa shape index (κ2) is 8.70. The molecule has 0 aliphatic carbocycles. The molecule has 0 unspecified atom stereocenters. The minimum atomic E-state index is -0.899. The van der Waals surface area contributed by atoms with Crippen LogP contribution in [0.25, 0.3) is 5.76 Å². The van der Waals surface area contributed by atoms with Crippen molar-refractivity contribution in [2.45, 2.75) is 6.92 Å². The lowest BCUT2D eigenvalue weighted by Gasteiger charge is -2.08. The number of ether oxygens (including phenoxy) is 1. The molecule has 1 amide bonds. The Labute approximate surface area is 155 Å². The van der Waals surface area contributed by atoms with Crippen LogP contribution < -0.4 is 5.32 Å². The van der Waals surface area contributed by atoms with Gasteiger partial charge in [0.2, 0.25) is 0 Å². The predicted molar refractivity (Wildman–Crippen MR) is 97.6 cm³/mol. The van der Waals surface area contributed by atoms with E-state index in [2.05, 4.69) is 5.32 Å². The summed E-state index contributed by atoms with van der Waals surface area (Å²) in [7, 11) is 0. The van der Waals surface area contributed by atoms with Crippen molar-refractivity contribution >= 4 is 34.9 Å². The van der Waals surface area contributed by atoms with Gasteiger partial charge in [-0.2, -0.15) is 5.26 Å². The Morgan fingerprint density at radius 1 is 1.19 bits per heavy atom. The molecule has 0 aliphatic heterocycles. The first kappa shape index (κ1) is 19.0. The Bertz CT molecular complexity index is 899. The minimum Gasteiger partial charge on any atom is -0.506 e. The molecule has 0 fully saturated rings. The van der Waals surface area contributed by atoms with Crippen molar-refractivity contribution in [2.24, 2.45) is 0 Å². The fourth-order valence-electron chi connectivity index (χ4n) is 2.10. The number of amides is 1. The molecule has 0 radical (unpaired) electrons. The van der Waals surface area contributed by atoms with E-state index in [1.54, 1.807) is 37.3 Å². The number of aliphatic hydroxyl groups excluding tert-OH is 1. The van der Waals surface area contributed by atoms with Crippen LogP contribution >= 0.6 is 11.6 Å². The molecule has 0 spiro atoms. The fraction of sp³-hybridized carbons (Fsp3) is 0.105. The third kappa shape index (κ3) is 4.41. The number of esters is 1. The van der Waals surface area contributed by atoms with Crippen LogP contribution in [0.15, 0.2) is 54.1 Å². The zero-order valence-electron chi connectivity index (χ0n) is 13.8. The normalized spacial score (nSPS) is 11.1. The van der Waals surface area contributed by atoms with E-state index in [-0.39, 0.29) is 18.1 Å². The van der Waals surface area contributed by atoms with Crippen LogP contribution in [-0.2, 0) is 9.53 Å². The quantitative estimate of drug-likeness (QED) is 0.359. The van der Waals surface area contributed by atoms with Gasteiger partial charge in [-0.1, -0.05) is 23.7 Å². The molecule has 0 aromatic heterocycles. The SMILES string of the molecule is CCOC(=O)C(C#N)=C(O)c1ccc(NC(=O)c2ccccc2Cl)cc1. The van der Waals surface area contributed by atoms with Crippen LogP contribution in [0.5, 0.6) is 0 Å². The maximum Gasteiger partial charge on any atom is 0.352 e. The number of nitriles is 1. The monoisotopic (exact) mass is 370 g/mol. The number of aliphatic hydroxyl groups is 1. The van der Waals surface area contributed by atoms with E-state index >= 15 is 0 Å². The van der Waals surface area contributed by atoms with Crippen LogP contribution in [0.1, 0.15) is 22.8 Å². The van der Waals surface area contributed by atoms with Gasteiger partial charge < -0.3 is 15.2 Å². The molecular formula is C19H15ClN2O4. The van der Waals surface area contributed by atoms with Gasteiger partial charge in [0.05, 0.1) is 17.2 Å². The van der Waals surface area contributed by atoms with Gasteiger partial charge >= 0.3 is 5.97 Å². The van der Waals surface area contributed by atoms with Crippen LogP contribution in [0, 0.1) is 11.3 Å². The van der Waals surface area contributed by atoms with Crippen molar-refractivity contribution in [2.75, 3.05) is 11.9 Å². The van der Waals surface area contributed by atoms with Gasteiger partial charge in [-0.05, 0) is 43.3 Å². The Morgan fingerprint density at radius 2 is 1.85 bits per heavy atom. The Kier molecular flexibility index (Phi) is 6.36. The minimum absolute atomic E-state index is 0.0876. The summed E-state index contributed by atoms with van der Waals surface area (Å²) in [5, 5.41) is 22.2. The summed E-state index contributed by atoms with van der Waals surface area (Å²) in [5.41, 5.74) is 0.543. The molecule has 2 N–H and O–H groups in total. The number of benzene rings is 2. The lowest BCUT2D eigenvalue weighted by atomic mass is 10.1. The molecule has 2 aromatic rings. The van der Waals surface area contributed by atoms with Gasteiger partial charge in [0, 0.05) is 11.3 Å². The summed E-state index contributed by atoms with van der Waals surface area (Å²) in [6.07, 6.45) is 0. The molecule has 6 nitrogen and oxygen atoms in total. The topological polar surface area (TPSA) is 99.4 Å². The molecule has 0 atom stereocenters. The number of halogens is 1. The van der Waals surface area contributed by atoms with Crippen molar-refractivity contribution in [3.63, 3.8) is 0 Å². The van der Waals surface area contributed by atoms with E-state index in [9.17, 15) is 14.7 Å². The van der Waals surface area contributed by atoms with Gasteiger partial charge in [-0.25, -0.2) is 4.79 Å². The molecule has 0 heterocycles. The molecular weight excluding hydrogens is 356 g/mol. The number of hydrogen-bond acceptors (Lipinski definition) is 5. The van der Waals surface area contributed by atoms with Gasteiger partial charge in [0.15, 0.2) is 5.57 Å². The second-order valence-corrected chi connectivity index (χ2v) is 5.47. The van der Waals surface area contributed by atoms with Crippen LogP contribution in [0.3, 0.4) is 0 Å². The van der Waals surface area contributed by atoms with Crippen molar-refractivity contribution in [1.29, 1.82) is 5.26 Å². The average Bonchev–Trinajstić information content (AvgIpc) is 2.63. The molecule has 0 bridgehead atoms. The molecule has 0 saturated carbocycles. The highest BCUT2D eigenvalue weighted by molar-refractivity contribution is 6.34. The van der Waals surface area contributed by atoms with Crippen molar-refractivity contribution < 1.29 is 19.4 Å². The van der Waals surface area contributed by atoms with Gasteiger partial charge in [-0.3, -0.25) is 4.79 Å².